The zero-order chi connectivity index (χ0) is 14.4. The molecule has 0 saturated heterocycles. The van der Waals surface area contributed by atoms with E-state index in [-0.39, 0.29) is 5.91 Å². The molecule has 21 heavy (non-hydrogen) atoms. The molecule has 108 valence electrons. The molecular weight excluding hydrogens is 262 g/mol. The molecule has 3 saturated carbocycles. The summed E-state index contributed by atoms with van der Waals surface area (Å²) < 4.78 is 0. The molecule has 4 atom stereocenters. The molecule has 1 aromatic heterocycles. The van der Waals surface area contributed by atoms with Crippen LogP contribution in [-0.4, -0.2) is 23.5 Å². The van der Waals surface area contributed by atoms with Crippen molar-refractivity contribution >= 4 is 5.91 Å². The number of pyridine rings is 1. The molecule has 4 rings (SSSR count). The molecule has 1 aromatic rings. The van der Waals surface area contributed by atoms with E-state index in [4.69, 9.17) is 5.73 Å². The van der Waals surface area contributed by atoms with Gasteiger partial charge in [-0.2, -0.15) is 0 Å². The Hall–Kier alpha value is -1.86. The Morgan fingerprint density at radius 3 is 2.71 bits per heavy atom. The summed E-state index contributed by atoms with van der Waals surface area (Å²) in [5, 5.41) is 3.18. The van der Waals surface area contributed by atoms with E-state index < -0.39 is 0 Å². The topological polar surface area (TPSA) is 68.0 Å². The first-order valence-electron chi connectivity index (χ1n) is 7.74. The van der Waals surface area contributed by atoms with Gasteiger partial charge in [-0.3, -0.25) is 4.79 Å². The average molecular weight is 281 g/mol. The van der Waals surface area contributed by atoms with E-state index in [0.717, 1.165) is 29.2 Å². The molecule has 3 N–H and O–H groups in total. The Kier molecular flexibility index (Phi) is 2.97. The summed E-state index contributed by atoms with van der Waals surface area (Å²) in [4.78, 5) is 16.5. The van der Waals surface area contributed by atoms with Crippen molar-refractivity contribution in [2.45, 2.75) is 25.3 Å². The van der Waals surface area contributed by atoms with Crippen molar-refractivity contribution in [3.05, 3.63) is 29.6 Å². The van der Waals surface area contributed by atoms with Crippen LogP contribution in [0.15, 0.2) is 18.3 Å². The zero-order valence-corrected chi connectivity index (χ0v) is 11.9. The van der Waals surface area contributed by atoms with Crippen LogP contribution in [0.3, 0.4) is 0 Å². The minimum atomic E-state index is -0.0489. The van der Waals surface area contributed by atoms with Gasteiger partial charge in [0.1, 0.15) is 5.69 Å². The van der Waals surface area contributed by atoms with Crippen molar-refractivity contribution < 1.29 is 4.79 Å². The molecule has 4 heteroatoms. The minimum Gasteiger partial charge on any atom is -0.347 e. The number of fused-ring (bicyclic) bond motifs is 5. The van der Waals surface area contributed by atoms with Crippen LogP contribution in [0.1, 0.15) is 35.3 Å². The van der Waals surface area contributed by atoms with Gasteiger partial charge in [-0.15, -0.1) is 0 Å². The zero-order valence-electron chi connectivity index (χ0n) is 11.9. The second kappa shape index (κ2) is 4.85. The number of nitrogens with zero attached hydrogens (tertiary/aromatic N) is 1. The van der Waals surface area contributed by atoms with E-state index in [0.29, 0.717) is 18.3 Å². The van der Waals surface area contributed by atoms with Crippen molar-refractivity contribution in [3.63, 3.8) is 0 Å². The number of hydrogen-bond acceptors (Lipinski definition) is 3. The maximum absolute atomic E-state index is 12.3. The van der Waals surface area contributed by atoms with Gasteiger partial charge in [0.2, 0.25) is 0 Å². The number of hydrogen-bond donors (Lipinski definition) is 2. The number of nitrogens with one attached hydrogen (secondary N) is 1. The number of carbonyl (C=O) groups is 1. The first-order chi connectivity index (χ1) is 10.3. The number of amides is 1. The lowest BCUT2D eigenvalue weighted by Gasteiger charge is -2.10. The van der Waals surface area contributed by atoms with Gasteiger partial charge in [-0.25, -0.2) is 4.98 Å². The normalized spacial score (nSPS) is 34.8. The van der Waals surface area contributed by atoms with E-state index >= 15 is 0 Å². The first-order valence-corrected chi connectivity index (χ1v) is 7.74. The van der Waals surface area contributed by atoms with Gasteiger partial charge in [0.05, 0.1) is 6.54 Å². The summed E-state index contributed by atoms with van der Waals surface area (Å²) in [5.41, 5.74) is 6.60. The van der Waals surface area contributed by atoms with Crippen LogP contribution in [0.5, 0.6) is 0 Å². The van der Waals surface area contributed by atoms with E-state index in [1.54, 1.807) is 12.3 Å². The van der Waals surface area contributed by atoms with Crippen molar-refractivity contribution in [1.29, 1.82) is 0 Å². The summed E-state index contributed by atoms with van der Waals surface area (Å²) in [5.74, 6) is 8.87. The SMILES string of the molecule is NCC#Cc1ccc(C(=O)NC2C3C4CCC(C4)C23)nc1. The van der Waals surface area contributed by atoms with E-state index in [9.17, 15) is 4.79 Å². The maximum atomic E-state index is 12.3. The summed E-state index contributed by atoms with van der Waals surface area (Å²) in [6.45, 7) is 0.328. The molecule has 3 aliphatic carbocycles. The predicted octanol–water partition coefficient (Wildman–Crippen LogP) is 1.17. The van der Waals surface area contributed by atoms with Gasteiger partial charge < -0.3 is 11.1 Å². The maximum Gasteiger partial charge on any atom is 0.270 e. The molecule has 3 aliphatic rings. The number of nitrogens with two attached hydrogens (primary N) is 1. The molecule has 0 spiro atoms. The molecular formula is C17H19N3O. The fourth-order valence-corrected chi connectivity index (χ4v) is 4.50. The monoisotopic (exact) mass is 281 g/mol. The van der Waals surface area contributed by atoms with Crippen LogP contribution in [0.4, 0.5) is 0 Å². The van der Waals surface area contributed by atoms with Gasteiger partial charge in [-0.1, -0.05) is 11.8 Å². The van der Waals surface area contributed by atoms with Crippen LogP contribution in [0.2, 0.25) is 0 Å². The number of carbonyl (C=O) groups excluding carboxylic acids is 1. The van der Waals surface area contributed by atoms with E-state index in [1.165, 1.54) is 19.3 Å². The Labute approximate surface area is 124 Å². The largest absolute Gasteiger partial charge is 0.347 e. The molecule has 4 nitrogen and oxygen atoms in total. The molecule has 0 radical (unpaired) electrons. The molecule has 0 aliphatic heterocycles. The van der Waals surface area contributed by atoms with Crippen molar-refractivity contribution in [3.8, 4) is 11.8 Å². The first kappa shape index (κ1) is 12.8. The third kappa shape index (κ3) is 2.13. The lowest BCUT2D eigenvalue weighted by Crippen LogP contribution is -2.30. The Morgan fingerprint density at radius 2 is 2.10 bits per heavy atom. The fraction of sp³-hybridized carbons (Fsp3) is 0.529. The van der Waals surface area contributed by atoms with Crippen LogP contribution in [0, 0.1) is 35.5 Å². The lowest BCUT2D eigenvalue weighted by atomic mass is 10.0. The second-order valence-corrected chi connectivity index (χ2v) is 6.43. The molecule has 4 unspecified atom stereocenters. The smallest absolute Gasteiger partial charge is 0.270 e. The van der Waals surface area contributed by atoms with Crippen LogP contribution >= 0.6 is 0 Å². The predicted molar refractivity (Wildman–Crippen MR) is 79.2 cm³/mol. The summed E-state index contributed by atoms with van der Waals surface area (Å²) in [7, 11) is 0. The second-order valence-electron chi connectivity index (χ2n) is 6.43. The van der Waals surface area contributed by atoms with Gasteiger partial charge >= 0.3 is 0 Å². The van der Waals surface area contributed by atoms with Crippen LogP contribution in [-0.2, 0) is 0 Å². The van der Waals surface area contributed by atoms with Crippen molar-refractivity contribution in [1.82, 2.24) is 10.3 Å². The highest BCUT2D eigenvalue weighted by molar-refractivity contribution is 5.92. The Balaban J connectivity index is 1.40. The van der Waals surface area contributed by atoms with Gasteiger partial charge in [-0.05, 0) is 55.1 Å². The van der Waals surface area contributed by atoms with Crippen molar-refractivity contribution in [2.24, 2.45) is 29.4 Å². The molecule has 1 amide bonds. The third-order valence-corrected chi connectivity index (χ3v) is 5.36. The molecule has 0 aromatic carbocycles. The highest BCUT2D eigenvalue weighted by Gasteiger charge is 2.65. The summed E-state index contributed by atoms with van der Waals surface area (Å²) in [6.07, 6.45) is 5.76. The van der Waals surface area contributed by atoms with Crippen molar-refractivity contribution in [2.75, 3.05) is 6.54 Å². The molecule has 2 bridgehead atoms. The average Bonchev–Trinajstić information content (AvgIpc) is 2.90. The standard InChI is InChI=1S/C17H19N3O/c18-7-1-2-10-3-6-13(19-9-10)17(21)20-16-14-11-4-5-12(8-11)15(14)16/h3,6,9,11-12,14-16H,4-5,7-8,18H2,(H,20,21). The molecule has 3 fully saturated rings. The van der Waals surface area contributed by atoms with Crippen LogP contribution < -0.4 is 11.1 Å². The minimum absolute atomic E-state index is 0.0489. The number of rotatable bonds is 2. The van der Waals surface area contributed by atoms with Gasteiger partial charge in [0, 0.05) is 17.8 Å². The summed E-state index contributed by atoms with van der Waals surface area (Å²) in [6, 6.07) is 3.97. The highest BCUT2D eigenvalue weighted by Crippen LogP contribution is 2.65. The molecule has 1 heterocycles. The third-order valence-electron chi connectivity index (χ3n) is 5.36. The Bertz CT molecular complexity index is 612. The quantitative estimate of drug-likeness (QED) is 0.800. The highest BCUT2D eigenvalue weighted by atomic mass is 16.2. The van der Waals surface area contributed by atoms with Crippen LogP contribution in [0.25, 0.3) is 0 Å². The fourth-order valence-electron chi connectivity index (χ4n) is 4.50. The van der Waals surface area contributed by atoms with E-state index in [1.807, 2.05) is 6.07 Å². The van der Waals surface area contributed by atoms with Gasteiger partial charge in [0.25, 0.3) is 5.91 Å². The van der Waals surface area contributed by atoms with E-state index in [2.05, 4.69) is 22.1 Å². The summed E-state index contributed by atoms with van der Waals surface area (Å²) >= 11 is 0. The number of aromatic nitrogens is 1. The van der Waals surface area contributed by atoms with Gasteiger partial charge in [0.15, 0.2) is 0 Å². The lowest BCUT2D eigenvalue weighted by molar-refractivity contribution is 0.0939. The Morgan fingerprint density at radius 1 is 1.33 bits per heavy atom.